The SMILES string of the molecule is C=CCc1cc(/C=C2\C(=O)NC(=O)N(c3cccc(Cl)c3C)C2=O)cc(OC)c1OCc1cccc2ccccc12. The molecule has 5 rings (SSSR count). The smallest absolute Gasteiger partial charge is 0.335 e. The molecule has 0 saturated carbocycles. The van der Waals surface area contributed by atoms with Crippen molar-refractivity contribution in [1.82, 2.24) is 5.32 Å². The van der Waals surface area contributed by atoms with Gasteiger partial charge in [0.05, 0.1) is 12.8 Å². The minimum absolute atomic E-state index is 0.208. The summed E-state index contributed by atoms with van der Waals surface area (Å²) in [6.07, 6.45) is 3.61. The Morgan fingerprint density at radius 1 is 0.976 bits per heavy atom. The highest BCUT2D eigenvalue weighted by Crippen LogP contribution is 2.36. The van der Waals surface area contributed by atoms with Gasteiger partial charge < -0.3 is 9.47 Å². The van der Waals surface area contributed by atoms with Crippen molar-refractivity contribution in [2.75, 3.05) is 12.0 Å². The Labute approximate surface area is 242 Å². The summed E-state index contributed by atoms with van der Waals surface area (Å²) in [5.74, 6) is -0.590. The second kappa shape index (κ2) is 11.7. The number of nitrogens with zero attached hydrogens (tertiary/aromatic N) is 1. The van der Waals surface area contributed by atoms with E-state index in [1.165, 1.54) is 13.2 Å². The number of barbiturate groups is 1. The molecule has 1 saturated heterocycles. The largest absolute Gasteiger partial charge is 0.493 e. The van der Waals surface area contributed by atoms with Crippen molar-refractivity contribution in [3.05, 3.63) is 118 Å². The monoisotopic (exact) mass is 566 g/mol. The van der Waals surface area contributed by atoms with Crippen LogP contribution in [0.1, 0.15) is 22.3 Å². The number of benzene rings is 4. The van der Waals surface area contributed by atoms with Crippen LogP contribution < -0.4 is 19.7 Å². The van der Waals surface area contributed by atoms with Crippen LogP contribution in [0.4, 0.5) is 10.5 Å². The van der Waals surface area contributed by atoms with E-state index in [0.29, 0.717) is 46.4 Å². The third kappa shape index (κ3) is 5.44. The number of allylic oxidation sites excluding steroid dienone is 1. The van der Waals surface area contributed by atoms with Gasteiger partial charge in [0.1, 0.15) is 12.2 Å². The lowest BCUT2D eigenvalue weighted by molar-refractivity contribution is -0.122. The molecule has 4 aromatic carbocycles. The van der Waals surface area contributed by atoms with E-state index in [1.54, 1.807) is 37.3 Å². The zero-order valence-electron chi connectivity index (χ0n) is 22.6. The predicted molar refractivity (Wildman–Crippen MR) is 160 cm³/mol. The van der Waals surface area contributed by atoms with Crippen LogP contribution in [0.25, 0.3) is 16.8 Å². The third-order valence-electron chi connectivity index (χ3n) is 6.88. The number of carbonyl (C=O) groups excluding carboxylic acids is 3. The minimum atomic E-state index is -0.843. The zero-order chi connectivity index (χ0) is 29.1. The number of anilines is 1. The second-order valence-electron chi connectivity index (χ2n) is 9.47. The molecule has 4 amide bonds. The first-order valence-corrected chi connectivity index (χ1v) is 13.3. The van der Waals surface area contributed by atoms with Crippen LogP contribution in [0, 0.1) is 6.92 Å². The number of urea groups is 1. The lowest BCUT2D eigenvalue weighted by atomic mass is 10.0. The number of hydrogen-bond donors (Lipinski definition) is 1. The summed E-state index contributed by atoms with van der Waals surface area (Å²) in [7, 11) is 1.52. The van der Waals surface area contributed by atoms with Crippen molar-refractivity contribution < 1.29 is 23.9 Å². The Bertz CT molecular complexity index is 1740. The number of rotatable bonds is 8. The molecule has 0 atom stereocenters. The van der Waals surface area contributed by atoms with E-state index < -0.39 is 17.8 Å². The van der Waals surface area contributed by atoms with Crippen LogP contribution >= 0.6 is 11.6 Å². The van der Waals surface area contributed by atoms with Crippen LogP contribution in [0.5, 0.6) is 11.5 Å². The predicted octanol–water partition coefficient (Wildman–Crippen LogP) is 6.78. The average Bonchev–Trinajstić information content (AvgIpc) is 2.96. The molecule has 1 N–H and O–H groups in total. The number of fused-ring (bicyclic) bond motifs is 1. The van der Waals surface area contributed by atoms with E-state index >= 15 is 0 Å². The summed E-state index contributed by atoms with van der Waals surface area (Å²) in [6, 6.07) is 21.7. The summed E-state index contributed by atoms with van der Waals surface area (Å²) < 4.78 is 12.0. The Hall–Kier alpha value is -4.88. The van der Waals surface area contributed by atoms with Gasteiger partial charge in [0.2, 0.25) is 0 Å². The van der Waals surface area contributed by atoms with Crippen LogP contribution in [-0.4, -0.2) is 25.0 Å². The van der Waals surface area contributed by atoms with Gasteiger partial charge in [-0.1, -0.05) is 66.2 Å². The standard InChI is InChI=1S/C33H27ClN2O5/c1-4-9-23-16-21(17-26-31(37)35-33(39)36(32(26)38)28-15-8-14-27(34)20(28)2)18-29(40-3)30(23)41-19-24-12-7-11-22-10-5-6-13-25(22)24/h4-8,10-18H,1,9,19H2,2-3H3,(H,35,37,39)/b26-17+. The molecule has 8 heteroatoms. The summed E-state index contributed by atoms with van der Waals surface area (Å²) in [5, 5.41) is 4.85. The van der Waals surface area contributed by atoms with Crippen molar-refractivity contribution in [1.29, 1.82) is 0 Å². The van der Waals surface area contributed by atoms with E-state index in [9.17, 15) is 14.4 Å². The number of halogens is 1. The highest BCUT2D eigenvalue weighted by molar-refractivity contribution is 6.40. The maximum absolute atomic E-state index is 13.5. The Morgan fingerprint density at radius 2 is 1.73 bits per heavy atom. The number of imide groups is 2. The molecule has 1 fully saturated rings. The molecule has 4 aromatic rings. The van der Waals surface area contributed by atoms with E-state index in [2.05, 4.69) is 30.1 Å². The lowest BCUT2D eigenvalue weighted by Crippen LogP contribution is -2.54. The first kappa shape index (κ1) is 27.7. The molecular weight excluding hydrogens is 540 g/mol. The minimum Gasteiger partial charge on any atom is -0.493 e. The fourth-order valence-corrected chi connectivity index (χ4v) is 5.01. The normalized spacial score (nSPS) is 14.4. The fraction of sp³-hybridized carbons (Fsp3) is 0.121. The van der Waals surface area contributed by atoms with Gasteiger partial charge in [-0.2, -0.15) is 0 Å². The van der Waals surface area contributed by atoms with E-state index in [0.717, 1.165) is 26.8 Å². The summed E-state index contributed by atoms with van der Waals surface area (Å²) in [6.45, 7) is 5.86. The van der Waals surface area contributed by atoms with Gasteiger partial charge in [0.25, 0.3) is 11.8 Å². The highest BCUT2D eigenvalue weighted by atomic mass is 35.5. The van der Waals surface area contributed by atoms with Crippen molar-refractivity contribution in [2.45, 2.75) is 20.0 Å². The summed E-state index contributed by atoms with van der Waals surface area (Å²) in [5.41, 5.74) is 2.92. The van der Waals surface area contributed by atoms with Crippen molar-refractivity contribution in [2.24, 2.45) is 0 Å². The Kier molecular flexibility index (Phi) is 7.90. The number of hydrogen-bond acceptors (Lipinski definition) is 5. The summed E-state index contributed by atoms with van der Waals surface area (Å²) in [4.78, 5) is 39.9. The molecule has 0 aromatic heterocycles. The number of amides is 4. The van der Waals surface area contributed by atoms with Gasteiger partial charge >= 0.3 is 6.03 Å². The van der Waals surface area contributed by atoms with Gasteiger partial charge in [-0.05, 0) is 71.1 Å². The second-order valence-corrected chi connectivity index (χ2v) is 9.88. The van der Waals surface area contributed by atoms with Crippen molar-refractivity contribution >= 4 is 52.0 Å². The molecule has 41 heavy (non-hydrogen) atoms. The fourth-order valence-electron chi connectivity index (χ4n) is 4.84. The average molecular weight is 567 g/mol. The van der Waals surface area contributed by atoms with Crippen LogP contribution in [0.3, 0.4) is 0 Å². The quantitative estimate of drug-likeness (QED) is 0.144. The van der Waals surface area contributed by atoms with Crippen molar-refractivity contribution in [3.63, 3.8) is 0 Å². The molecule has 0 spiro atoms. The lowest BCUT2D eigenvalue weighted by Gasteiger charge is -2.27. The summed E-state index contributed by atoms with van der Waals surface area (Å²) >= 11 is 6.23. The van der Waals surface area contributed by atoms with Gasteiger partial charge in [-0.15, -0.1) is 6.58 Å². The maximum atomic E-state index is 13.5. The van der Waals surface area contributed by atoms with Crippen LogP contribution in [-0.2, 0) is 22.6 Å². The Morgan fingerprint density at radius 3 is 2.51 bits per heavy atom. The van der Waals surface area contributed by atoms with E-state index in [-0.39, 0.29) is 5.57 Å². The number of carbonyl (C=O) groups is 3. The first-order valence-electron chi connectivity index (χ1n) is 12.9. The molecular formula is C33H27ClN2O5. The highest BCUT2D eigenvalue weighted by Gasteiger charge is 2.37. The zero-order valence-corrected chi connectivity index (χ0v) is 23.3. The molecule has 1 aliphatic rings. The third-order valence-corrected chi connectivity index (χ3v) is 7.29. The molecule has 0 radical (unpaired) electrons. The number of ether oxygens (including phenoxy) is 2. The topological polar surface area (TPSA) is 84.9 Å². The molecule has 206 valence electrons. The van der Waals surface area contributed by atoms with Gasteiger partial charge in [-0.25, -0.2) is 9.69 Å². The van der Waals surface area contributed by atoms with E-state index in [1.807, 2.05) is 30.3 Å². The molecule has 7 nitrogen and oxygen atoms in total. The first-order chi connectivity index (χ1) is 19.8. The molecule has 0 bridgehead atoms. The molecule has 1 heterocycles. The molecule has 0 aliphatic carbocycles. The van der Waals surface area contributed by atoms with Crippen LogP contribution in [0.15, 0.2) is 91.0 Å². The van der Waals surface area contributed by atoms with Crippen LogP contribution in [0.2, 0.25) is 5.02 Å². The van der Waals surface area contributed by atoms with Gasteiger partial charge in [-0.3, -0.25) is 14.9 Å². The maximum Gasteiger partial charge on any atom is 0.335 e. The Balaban J connectivity index is 1.51. The number of methoxy groups -OCH3 is 1. The van der Waals surface area contributed by atoms with Crippen molar-refractivity contribution in [3.8, 4) is 11.5 Å². The number of nitrogens with one attached hydrogen (secondary N) is 1. The van der Waals surface area contributed by atoms with Gasteiger partial charge in [0.15, 0.2) is 11.5 Å². The van der Waals surface area contributed by atoms with Gasteiger partial charge in [0, 0.05) is 10.6 Å². The van der Waals surface area contributed by atoms with E-state index in [4.69, 9.17) is 21.1 Å². The molecule has 1 aliphatic heterocycles. The molecule has 0 unspecified atom stereocenters.